The molecule has 1 N–H and O–H groups in total. The second-order valence-electron chi connectivity index (χ2n) is 5.10. The fraction of sp³-hybridized carbons (Fsp3) is 0.333. The lowest BCUT2D eigenvalue weighted by atomic mass is 10.1. The molecule has 0 fully saturated rings. The summed E-state index contributed by atoms with van der Waals surface area (Å²) in [6, 6.07) is 7.57. The van der Waals surface area contributed by atoms with E-state index < -0.39 is 0 Å². The van der Waals surface area contributed by atoms with Crippen molar-refractivity contribution < 1.29 is 4.79 Å². The maximum atomic E-state index is 12.0. The minimum Gasteiger partial charge on any atom is -0.353 e. The van der Waals surface area contributed by atoms with Gasteiger partial charge in [0.25, 0.3) is 0 Å². The molecular formula is C15H16ClN3O. The van der Waals surface area contributed by atoms with E-state index in [1.165, 1.54) is 0 Å². The van der Waals surface area contributed by atoms with Gasteiger partial charge >= 0.3 is 0 Å². The number of aryl methyl sites for hydroxylation is 1. The molecule has 0 radical (unpaired) electrons. The molecule has 3 rings (SSSR count). The standard InChI is InChI=1S/C15H16ClN3O/c16-12-3-1-11(2-4-12)9-15(20)18-13-5-7-19-8-6-17-14(19)10-13/h1-4,6,8,13H,5,7,9-10H2,(H,18,20). The van der Waals surface area contributed by atoms with E-state index in [4.69, 9.17) is 11.6 Å². The third kappa shape index (κ3) is 3.02. The normalized spacial score (nSPS) is 17.6. The Bertz CT molecular complexity index is 606. The summed E-state index contributed by atoms with van der Waals surface area (Å²) in [5.41, 5.74) is 0.976. The second kappa shape index (κ2) is 5.67. The molecule has 1 atom stereocenters. The summed E-state index contributed by atoms with van der Waals surface area (Å²) in [6.07, 6.45) is 5.95. The molecule has 5 heteroatoms. The first kappa shape index (κ1) is 13.2. The van der Waals surface area contributed by atoms with Crippen LogP contribution in [0.1, 0.15) is 17.8 Å². The van der Waals surface area contributed by atoms with Crippen molar-refractivity contribution in [3.8, 4) is 0 Å². The molecule has 0 saturated carbocycles. The SMILES string of the molecule is O=C(Cc1ccc(Cl)cc1)NC1CCn2ccnc2C1. The molecule has 4 nitrogen and oxygen atoms in total. The fourth-order valence-corrected chi connectivity index (χ4v) is 2.67. The zero-order valence-electron chi connectivity index (χ0n) is 11.1. The quantitative estimate of drug-likeness (QED) is 0.942. The number of imidazole rings is 1. The average molecular weight is 290 g/mol. The Balaban J connectivity index is 1.56. The van der Waals surface area contributed by atoms with Gasteiger partial charge in [-0.15, -0.1) is 0 Å². The van der Waals surface area contributed by atoms with Crippen LogP contribution in [-0.2, 0) is 24.2 Å². The van der Waals surface area contributed by atoms with Crippen LogP contribution in [0.2, 0.25) is 5.02 Å². The molecule has 0 aliphatic carbocycles. The van der Waals surface area contributed by atoms with Crippen LogP contribution in [-0.4, -0.2) is 21.5 Å². The van der Waals surface area contributed by atoms with Gasteiger partial charge in [0.1, 0.15) is 5.82 Å². The van der Waals surface area contributed by atoms with Gasteiger partial charge in [-0.25, -0.2) is 4.98 Å². The van der Waals surface area contributed by atoms with Crippen molar-refractivity contribution in [1.82, 2.24) is 14.9 Å². The summed E-state index contributed by atoms with van der Waals surface area (Å²) in [7, 11) is 0. The number of carbonyl (C=O) groups excluding carboxylic acids is 1. The number of hydrogen-bond donors (Lipinski definition) is 1. The van der Waals surface area contributed by atoms with E-state index in [0.717, 1.165) is 30.8 Å². The molecular weight excluding hydrogens is 274 g/mol. The number of nitrogens with one attached hydrogen (secondary N) is 1. The van der Waals surface area contributed by atoms with Crippen molar-refractivity contribution in [2.24, 2.45) is 0 Å². The maximum Gasteiger partial charge on any atom is 0.224 e. The minimum atomic E-state index is 0.0531. The summed E-state index contributed by atoms with van der Waals surface area (Å²) in [6.45, 7) is 0.918. The third-order valence-corrected chi connectivity index (χ3v) is 3.84. The number of aromatic nitrogens is 2. The number of nitrogens with zero attached hydrogens (tertiary/aromatic N) is 2. The molecule has 2 aromatic rings. The zero-order chi connectivity index (χ0) is 13.9. The van der Waals surface area contributed by atoms with Crippen molar-refractivity contribution in [3.63, 3.8) is 0 Å². The zero-order valence-corrected chi connectivity index (χ0v) is 11.8. The Morgan fingerprint density at radius 3 is 3.00 bits per heavy atom. The van der Waals surface area contributed by atoms with Gasteiger partial charge in [-0.05, 0) is 24.1 Å². The maximum absolute atomic E-state index is 12.0. The topological polar surface area (TPSA) is 46.9 Å². The van der Waals surface area contributed by atoms with Crippen molar-refractivity contribution in [1.29, 1.82) is 0 Å². The van der Waals surface area contributed by atoms with E-state index in [9.17, 15) is 4.79 Å². The van der Waals surface area contributed by atoms with E-state index >= 15 is 0 Å². The number of rotatable bonds is 3. The molecule has 104 valence electrons. The van der Waals surface area contributed by atoms with Gasteiger partial charge in [0.15, 0.2) is 0 Å². The molecule has 2 heterocycles. The molecule has 20 heavy (non-hydrogen) atoms. The lowest BCUT2D eigenvalue weighted by Gasteiger charge is -2.24. The lowest BCUT2D eigenvalue weighted by molar-refractivity contribution is -0.121. The highest BCUT2D eigenvalue weighted by Crippen LogP contribution is 2.14. The largest absolute Gasteiger partial charge is 0.353 e. The fourth-order valence-electron chi connectivity index (χ4n) is 2.54. The van der Waals surface area contributed by atoms with Gasteiger partial charge < -0.3 is 9.88 Å². The highest BCUT2D eigenvalue weighted by Gasteiger charge is 2.20. The van der Waals surface area contributed by atoms with Crippen LogP contribution in [0, 0.1) is 0 Å². The Labute approximate surface area is 122 Å². The van der Waals surface area contributed by atoms with Crippen LogP contribution in [0.25, 0.3) is 0 Å². The third-order valence-electron chi connectivity index (χ3n) is 3.59. The number of carbonyl (C=O) groups is 1. The predicted molar refractivity (Wildman–Crippen MR) is 77.6 cm³/mol. The Hall–Kier alpha value is -1.81. The second-order valence-corrected chi connectivity index (χ2v) is 5.53. The first-order chi connectivity index (χ1) is 9.70. The number of halogens is 1. The molecule has 1 unspecified atom stereocenters. The van der Waals surface area contributed by atoms with Crippen molar-refractivity contribution >= 4 is 17.5 Å². The molecule has 1 aliphatic rings. The summed E-state index contributed by atoms with van der Waals surface area (Å²) in [5, 5.41) is 3.78. The van der Waals surface area contributed by atoms with Crippen LogP contribution < -0.4 is 5.32 Å². The molecule has 0 saturated heterocycles. The molecule has 1 amide bonds. The van der Waals surface area contributed by atoms with Crippen molar-refractivity contribution in [2.45, 2.75) is 31.8 Å². The van der Waals surface area contributed by atoms with E-state index in [1.54, 1.807) is 0 Å². The summed E-state index contributed by atoms with van der Waals surface area (Å²) >= 11 is 5.83. The summed E-state index contributed by atoms with van der Waals surface area (Å²) < 4.78 is 2.14. The molecule has 0 spiro atoms. The molecule has 1 aromatic carbocycles. The van der Waals surface area contributed by atoms with E-state index in [0.29, 0.717) is 11.4 Å². The summed E-state index contributed by atoms with van der Waals surface area (Å²) in [4.78, 5) is 16.3. The number of fused-ring (bicyclic) bond motifs is 1. The molecule has 1 aliphatic heterocycles. The van der Waals surface area contributed by atoms with Crippen molar-refractivity contribution in [3.05, 3.63) is 53.1 Å². The molecule has 1 aromatic heterocycles. The van der Waals surface area contributed by atoms with Crippen LogP contribution >= 0.6 is 11.6 Å². The van der Waals surface area contributed by atoms with Gasteiger partial charge in [0.2, 0.25) is 5.91 Å². The Morgan fingerprint density at radius 2 is 2.20 bits per heavy atom. The predicted octanol–water partition coefficient (Wildman–Crippen LogP) is 2.21. The monoisotopic (exact) mass is 289 g/mol. The van der Waals surface area contributed by atoms with Gasteiger partial charge in [0.05, 0.1) is 6.42 Å². The number of amides is 1. The highest BCUT2D eigenvalue weighted by atomic mass is 35.5. The van der Waals surface area contributed by atoms with Gasteiger partial charge in [-0.2, -0.15) is 0 Å². The van der Waals surface area contributed by atoms with E-state index in [2.05, 4.69) is 14.9 Å². The van der Waals surface area contributed by atoms with Crippen LogP contribution in [0.15, 0.2) is 36.7 Å². The first-order valence-electron chi connectivity index (χ1n) is 6.74. The minimum absolute atomic E-state index is 0.0531. The highest BCUT2D eigenvalue weighted by molar-refractivity contribution is 6.30. The lowest BCUT2D eigenvalue weighted by Crippen LogP contribution is -2.40. The van der Waals surface area contributed by atoms with E-state index in [-0.39, 0.29) is 11.9 Å². The average Bonchev–Trinajstić information content (AvgIpc) is 2.89. The first-order valence-corrected chi connectivity index (χ1v) is 7.12. The van der Waals surface area contributed by atoms with E-state index in [1.807, 2.05) is 36.7 Å². The van der Waals surface area contributed by atoms with Crippen LogP contribution in [0.3, 0.4) is 0 Å². The summed E-state index contributed by atoms with van der Waals surface area (Å²) in [5.74, 6) is 1.10. The molecule has 0 bridgehead atoms. The van der Waals surface area contributed by atoms with Crippen LogP contribution in [0.5, 0.6) is 0 Å². The Kier molecular flexibility index (Phi) is 3.74. The Morgan fingerprint density at radius 1 is 1.40 bits per heavy atom. The number of benzene rings is 1. The number of hydrogen-bond acceptors (Lipinski definition) is 2. The van der Waals surface area contributed by atoms with Crippen molar-refractivity contribution in [2.75, 3.05) is 0 Å². The smallest absolute Gasteiger partial charge is 0.224 e. The van der Waals surface area contributed by atoms with Crippen LogP contribution in [0.4, 0.5) is 0 Å². The van der Waals surface area contributed by atoms with Gasteiger partial charge in [-0.1, -0.05) is 23.7 Å². The van der Waals surface area contributed by atoms with Gasteiger partial charge in [-0.3, -0.25) is 4.79 Å². The van der Waals surface area contributed by atoms with Gasteiger partial charge in [0, 0.05) is 36.4 Å².